The van der Waals surface area contributed by atoms with Crippen LogP contribution in [0, 0.1) is 5.92 Å². The normalized spacial score (nSPS) is 29.5. The molecular weight excluding hydrogens is 281 g/mol. The molecule has 102 valence electrons. The van der Waals surface area contributed by atoms with Crippen LogP contribution in [0.5, 0.6) is 0 Å². The van der Waals surface area contributed by atoms with E-state index in [0.29, 0.717) is 40.0 Å². The number of halogens is 2. The summed E-state index contributed by atoms with van der Waals surface area (Å²) < 4.78 is 0. The van der Waals surface area contributed by atoms with Crippen molar-refractivity contribution in [3.8, 4) is 0 Å². The summed E-state index contributed by atoms with van der Waals surface area (Å²) in [6, 6.07) is 6.33. The zero-order valence-electron chi connectivity index (χ0n) is 10.7. The number of piperidine rings is 1. The van der Waals surface area contributed by atoms with E-state index >= 15 is 0 Å². The van der Waals surface area contributed by atoms with Crippen LogP contribution in [0.25, 0.3) is 0 Å². The summed E-state index contributed by atoms with van der Waals surface area (Å²) in [5.74, 6) is 0.666. The van der Waals surface area contributed by atoms with E-state index in [1.807, 2.05) is 0 Å². The lowest BCUT2D eigenvalue weighted by molar-refractivity contribution is 0.0945. The Morgan fingerprint density at radius 2 is 1.68 bits per heavy atom. The molecule has 19 heavy (non-hydrogen) atoms. The van der Waals surface area contributed by atoms with Gasteiger partial charge in [0.15, 0.2) is 5.78 Å². The molecule has 3 atom stereocenters. The van der Waals surface area contributed by atoms with Crippen LogP contribution in [-0.4, -0.2) is 17.9 Å². The summed E-state index contributed by atoms with van der Waals surface area (Å²) in [6.45, 7) is 0. The van der Waals surface area contributed by atoms with Gasteiger partial charge in [0.1, 0.15) is 0 Å². The molecule has 2 fully saturated rings. The second kappa shape index (κ2) is 5.43. The van der Waals surface area contributed by atoms with Crippen molar-refractivity contribution >= 4 is 29.0 Å². The fraction of sp³-hybridized carbons (Fsp3) is 0.533. The molecule has 1 unspecified atom stereocenters. The maximum atomic E-state index is 12.3. The molecule has 0 saturated carbocycles. The average Bonchev–Trinajstić information content (AvgIpc) is 2.67. The van der Waals surface area contributed by atoms with E-state index in [-0.39, 0.29) is 5.78 Å². The van der Waals surface area contributed by atoms with Crippen molar-refractivity contribution in [2.45, 2.75) is 44.2 Å². The van der Waals surface area contributed by atoms with Crippen molar-refractivity contribution < 1.29 is 4.79 Å². The third-order valence-corrected chi connectivity index (χ3v) is 4.67. The van der Waals surface area contributed by atoms with Crippen LogP contribution < -0.4 is 5.32 Å². The SMILES string of the molecule is O=C(CC1C[C@H]2CC[C@@H](C1)N2)c1cc(Cl)cc(Cl)c1. The number of benzene rings is 1. The number of carbonyl (C=O) groups excluding carboxylic acids is 1. The Kier molecular flexibility index (Phi) is 3.84. The highest BCUT2D eigenvalue weighted by atomic mass is 35.5. The van der Waals surface area contributed by atoms with E-state index in [1.165, 1.54) is 12.8 Å². The van der Waals surface area contributed by atoms with E-state index in [9.17, 15) is 4.79 Å². The zero-order chi connectivity index (χ0) is 13.4. The minimum absolute atomic E-state index is 0.163. The van der Waals surface area contributed by atoms with Gasteiger partial charge < -0.3 is 5.32 Å². The van der Waals surface area contributed by atoms with E-state index in [2.05, 4.69) is 5.32 Å². The lowest BCUT2D eigenvalue weighted by Crippen LogP contribution is -2.38. The molecule has 1 aromatic rings. The van der Waals surface area contributed by atoms with E-state index in [0.717, 1.165) is 12.8 Å². The highest BCUT2D eigenvalue weighted by molar-refractivity contribution is 6.35. The van der Waals surface area contributed by atoms with E-state index in [4.69, 9.17) is 23.2 Å². The van der Waals surface area contributed by atoms with Gasteiger partial charge in [0.05, 0.1) is 0 Å². The predicted octanol–water partition coefficient (Wildman–Crippen LogP) is 4.10. The highest BCUT2D eigenvalue weighted by Crippen LogP contribution is 2.33. The Hall–Kier alpha value is -0.570. The van der Waals surface area contributed by atoms with Gasteiger partial charge in [-0.3, -0.25) is 4.79 Å². The molecular formula is C15H17Cl2NO. The molecule has 3 rings (SSSR count). The molecule has 2 heterocycles. The highest BCUT2D eigenvalue weighted by Gasteiger charge is 2.34. The molecule has 2 nitrogen and oxygen atoms in total. The molecule has 0 spiro atoms. The lowest BCUT2D eigenvalue weighted by Gasteiger charge is -2.28. The Bertz CT molecular complexity index is 471. The van der Waals surface area contributed by atoms with Crippen LogP contribution in [0.4, 0.5) is 0 Å². The monoisotopic (exact) mass is 297 g/mol. The summed E-state index contributed by atoms with van der Waals surface area (Å²) >= 11 is 11.9. The summed E-state index contributed by atoms with van der Waals surface area (Å²) in [5, 5.41) is 4.66. The summed E-state index contributed by atoms with van der Waals surface area (Å²) in [6.07, 6.45) is 5.38. The first-order valence-electron chi connectivity index (χ1n) is 6.85. The van der Waals surface area contributed by atoms with E-state index in [1.54, 1.807) is 18.2 Å². The minimum atomic E-state index is 0.163. The molecule has 1 aromatic carbocycles. The van der Waals surface area contributed by atoms with Crippen molar-refractivity contribution in [3.05, 3.63) is 33.8 Å². The molecule has 0 aromatic heterocycles. The molecule has 1 N–H and O–H groups in total. The van der Waals surface area contributed by atoms with Gasteiger partial charge in [0.2, 0.25) is 0 Å². The fourth-order valence-corrected chi connectivity index (χ4v) is 3.96. The minimum Gasteiger partial charge on any atom is -0.311 e. The Balaban J connectivity index is 1.67. The average molecular weight is 298 g/mol. The number of nitrogens with one attached hydrogen (secondary N) is 1. The first-order chi connectivity index (χ1) is 9.10. The first-order valence-corrected chi connectivity index (χ1v) is 7.61. The quantitative estimate of drug-likeness (QED) is 0.851. The maximum absolute atomic E-state index is 12.3. The summed E-state index contributed by atoms with van der Waals surface area (Å²) in [4.78, 5) is 12.3. The fourth-order valence-electron chi connectivity index (χ4n) is 3.44. The third-order valence-electron chi connectivity index (χ3n) is 4.23. The molecule has 2 bridgehead atoms. The Labute approximate surface area is 123 Å². The number of ketones is 1. The number of hydrogen-bond donors (Lipinski definition) is 1. The molecule has 4 heteroatoms. The van der Waals surface area contributed by atoms with Crippen LogP contribution in [0.2, 0.25) is 10.0 Å². The van der Waals surface area contributed by atoms with Gasteiger partial charge in [-0.1, -0.05) is 23.2 Å². The van der Waals surface area contributed by atoms with Crippen LogP contribution in [-0.2, 0) is 0 Å². The van der Waals surface area contributed by atoms with Gasteiger partial charge in [-0.25, -0.2) is 0 Å². The Morgan fingerprint density at radius 1 is 1.11 bits per heavy atom. The molecule has 0 amide bonds. The number of fused-ring (bicyclic) bond motifs is 2. The van der Waals surface area contributed by atoms with Crippen LogP contribution in [0.3, 0.4) is 0 Å². The van der Waals surface area contributed by atoms with Gasteiger partial charge in [-0.2, -0.15) is 0 Å². The van der Waals surface area contributed by atoms with Gasteiger partial charge in [0.25, 0.3) is 0 Å². The number of carbonyl (C=O) groups is 1. The first kappa shape index (κ1) is 13.4. The molecule has 2 saturated heterocycles. The van der Waals surface area contributed by atoms with Crippen molar-refractivity contribution in [3.63, 3.8) is 0 Å². The van der Waals surface area contributed by atoms with Gasteiger partial charge in [0, 0.05) is 34.1 Å². The van der Waals surface area contributed by atoms with Crippen LogP contribution >= 0.6 is 23.2 Å². The standard InChI is InChI=1S/C15H17Cl2NO/c16-11-6-10(7-12(17)8-11)15(19)5-9-3-13-1-2-14(4-9)18-13/h6-9,13-14,18H,1-5H2/t9?,13-,14+. The lowest BCUT2D eigenvalue weighted by atomic mass is 9.87. The van der Waals surface area contributed by atoms with Crippen molar-refractivity contribution in [1.29, 1.82) is 0 Å². The predicted molar refractivity (Wildman–Crippen MR) is 78.1 cm³/mol. The molecule has 0 aliphatic carbocycles. The zero-order valence-corrected chi connectivity index (χ0v) is 12.2. The second-order valence-corrected chi connectivity index (χ2v) is 6.63. The molecule has 2 aliphatic rings. The summed E-state index contributed by atoms with van der Waals surface area (Å²) in [7, 11) is 0. The largest absolute Gasteiger partial charge is 0.311 e. The third kappa shape index (κ3) is 3.13. The topological polar surface area (TPSA) is 29.1 Å². The van der Waals surface area contributed by atoms with Gasteiger partial charge >= 0.3 is 0 Å². The second-order valence-electron chi connectivity index (χ2n) is 5.76. The number of rotatable bonds is 3. The smallest absolute Gasteiger partial charge is 0.163 e. The van der Waals surface area contributed by atoms with Crippen molar-refractivity contribution in [1.82, 2.24) is 5.32 Å². The molecule has 2 aliphatic heterocycles. The van der Waals surface area contributed by atoms with Crippen molar-refractivity contribution in [2.24, 2.45) is 5.92 Å². The number of Topliss-reactive ketones (excluding diaryl/α,β-unsaturated/α-hetero) is 1. The van der Waals surface area contributed by atoms with Crippen molar-refractivity contribution in [2.75, 3.05) is 0 Å². The van der Waals surface area contributed by atoms with Gasteiger partial charge in [-0.15, -0.1) is 0 Å². The Morgan fingerprint density at radius 3 is 2.26 bits per heavy atom. The summed E-state index contributed by atoms with van der Waals surface area (Å²) in [5.41, 5.74) is 0.642. The van der Waals surface area contributed by atoms with Crippen LogP contribution in [0.1, 0.15) is 42.5 Å². The molecule has 0 radical (unpaired) electrons. The van der Waals surface area contributed by atoms with Crippen LogP contribution in [0.15, 0.2) is 18.2 Å². The van der Waals surface area contributed by atoms with Gasteiger partial charge in [-0.05, 0) is 49.8 Å². The van der Waals surface area contributed by atoms with E-state index < -0.39 is 0 Å². The maximum Gasteiger partial charge on any atom is 0.163 e. The number of hydrogen-bond acceptors (Lipinski definition) is 2.